The van der Waals surface area contributed by atoms with Crippen molar-refractivity contribution in [1.82, 2.24) is 0 Å². The Hall–Kier alpha value is -3.02. The van der Waals surface area contributed by atoms with Gasteiger partial charge in [-0.15, -0.1) is 0 Å². The van der Waals surface area contributed by atoms with Crippen molar-refractivity contribution >= 4 is 17.6 Å². The largest absolute Gasteiger partial charge is 0.497 e. The molecule has 0 aliphatic carbocycles. The van der Waals surface area contributed by atoms with Crippen LogP contribution in [-0.2, 0) is 14.3 Å². The Labute approximate surface area is 153 Å². The summed E-state index contributed by atoms with van der Waals surface area (Å²) >= 11 is 0. The van der Waals surface area contributed by atoms with Crippen LogP contribution in [0.5, 0.6) is 11.5 Å². The van der Waals surface area contributed by atoms with Crippen molar-refractivity contribution in [3.8, 4) is 11.5 Å². The van der Waals surface area contributed by atoms with Gasteiger partial charge in [0.25, 0.3) is 5.91 Å². The Kier molecular flexibility index (Phi) is 7.02. The topological polar surface area (TPSA) is 73.9 Å². The molecule has 0 aliphatic heterocycles. The van der Waals surface area contributed by atoms with Crippen molar-refractivity contribution in [1.29, 1.82) is 0 Å². The van der Waals surface area contributed by atoms with Gasteiger partial charge < -0.3 is 19.5 Å². The number of nitrogens with one attached hydrogen (secondary N) is 1. The lowest BCUT2D eigenvalue weighted by molar-refractivity contribution is -0.149. The first kappa shape index (κ1) is 19.3. The van der Waals surface area contributed by atoms with Crippen LogP contribution in [0.4, 0.5) is 5.69 Å². The SMILES string of the molecule is CC[C@@H](C(=O)OCC(=O)Nc1ccc(OC)cc1OC)c1ccccc1. The summed E-state index contributed by atoms with van der Waals surface area (Å²) in [5, 5.41) is 2.67. The maximum Gasteiger partial charge on any atom is 0.313 e. The van der Waals surface area contributed by atoms with Crippen LogP contribution in [0.25, 0.3) is 0 Å². The molecule has 0 saturated carbocycles. The zero-order valence-electron chi connectivity index (χ0n) is 15.2. The lowest BCUT2D eigenvalue weighted by Crippen LogP contribution is -2.24. The molecular weight excluding hydrogens is 334 g/mol. The molecule has 6 nitrogen and oxygen atoms in total. The van der Waals surface area contributed by atoms with E-state index in [0.717, 1.165) is 5.56 Å². The van der Waals surface area contributed by atoms with Crippen LogP contribution in [0.3, 0.4) is 0 Å². The molecule has 1 N–H and O–H groups in total. The van der Waals surface area contributed by atoms with Crippen molar-refractivity contribution in [3.63, 3.8) is 0 Å². The summed E-state index contributed by atoms with van der Waals surface area (Å²) in [5.74, 6) is -0.181. The summed E-state index contributed by atoms with van der Waals surface area (Å²) in [4.78, 5) is 24.4. The van der Waals surface area contributed by atoms with Gasteiger partial charge in [-0.1, -0.05) is 37.3 Å². The third kappa shape index (κ3) is 4.99. The molecule has 0 heterocycles. The Morgan fingerprint density at radius 1 is 1.04 bits per heavy atom. The molecular formula is C20H23NO5. The van der Waals surface area contributed by atoms with Gasteiger partial charge in [0.2, 0.25) is 0 Å². The fourth-order valence-electron chi connectivity index (χ4n) is 2.55. The number of benzene rings is 2. The summed E-state index contributed by atoms with van der Waals surface area (Å²) in [6.07, 6.45) is 0.594. The molecule has 0 bridgehead atoms. The quantitative estimate of drug-likeness (QED) is 0.733. The summed E-state index contributed by atoms with van der Waals surface area (Å²) in [7, 11) is 3.04. The van der Waals surface area contributed by atoms with E-state index >= 15 is 0 Å². The van der Waals surface area contributed by atoms with Crippen molar-refractivity contribution < 1.29 is 23.8 Å². The first-order chi connectivity index (χ1) is 12.6. The Morgan fingerprint density at radius 2 is 1.77 bits per heavy atom. The van der Waals surface area contributed by atoms with E-state index in [1.165, 1.54) is 7.11 Å². The van der Waals surface area contributed by atoms with Gasteiger partial charge in [-0.05, 0) is 24.1 Å². The average Bonchev–Trinajstić information content (AvgIpc) is 2.68. The molecule has 1 amide bonds. The van der Waals surface area contributed by atoms with Gasteiger partial charge in [0.15, 0.2) is 6.61 Å². The van der Waals surface area contributed by atoms with E-state index in [-0.39, 0.29) is 12.5 Å². The third-order valence-corrected chi connectivity index (χ3v) is 3.92. The number of ether oxygens (including phenoxy) is 3. The highest BCUT2D eigenvalue weighted by Crippen LogP contribution is 2.29. The molecule has 0 saturated heterocycles. The normalized spacial score (nSPS) is 11.3. The smallest absolute Gasteiger partial charge is 0.313 e. The summed E-state index contributed by atoms with van der Waals surface area (Å²) in [5.41, 5.74) is 1.35. The van der Waals surface area contributed by atoms with Crippen molar-refractivity contribution in [2.45, 2.75) is 19.3 Å². The van der Waals surface area contributed by atoms with Crippen LogP contribution >= 0.6 is 0 Å². The van der Waals surface area contributed by atoms with E-state index in [0.29, 0.717) is 23.6 Å². The standard InChI is InChI=1S/C20H23NO5/c1-4-16(14-8-6-5-7-9-14)20(23)26-13-19(22)21-17-11-10-15(24-2)12-18(17)25-3/h5-12,16H,4,13H2,1-3H3,(H,21,22)/t16-/m1/s1. The van der Waals surface area contributed by atoms with Crippen LogP contribution in [0, 0.1) is 0 Å². The molecule has 0 spiro atoms. The summed E-state index contributed by atoms with van der Waals surface area (Å²) in [6, 6.07) is 14.4. The molecule has 6 heteroatoms. The molecule has 138 valence electrons. The second-order valence-electron chi connectivity index (χ2n) is 5.59. The highest BCUT2D eigenvalue weighted by molar-refractivity contribution is 5.94. The predicted octanol–water partition coefficient (Wildman–Crippen LogP) is 3.38. The maximum atomic E-state index is 12.3. The minimum Gasteiger partial charge on any atom is -0.497 e. The fraction of sp³-hybridized carbons (Fsp3) is 0.300. The minimum absolute atomic E-state index is 0.364. The number of methoxy groups -OCH3 is 2. The number of carbonyl (C=O) groups is 2. The Morgan fingerprint density at radius 3 is 2.38 bits per heavy atom. The number of anilines is 1. The molecule has 0 aromatic heterocycles. The molecule has 26 heavy (non-hydrogen) atoms. The van der Waals surface area contributed by atoms with Gasteiger partial charge in [-0.3, -0.25) is 9.59 Å². The number of hydrogen-bond donors (Lipinski definition) is 1. The summed E-state index contributed by atoms with van der Waals surface area (Å²) < 4.78 is 15.5. The first-order valence-corrected chi connectivity index (χ1v) is 8.32. The molecule has 0 radical (unpaired) electrons. The third-order valence-electron chi connectivity index (χ3n) is 3.92. The fourth-order valence-corrected chi connectivity index (χ4v) is 2.55. The van der Waals surface area contributed by atoms with Gasteiger partial charge >= 0.3 is 5.97 Å². The molecule has 2 rings (SSSR count). The minimum atomic E-state index is -0.440. The van der Waals surface area contributed by atoms with Crippen LogP contribution in [0.15, 0.2) is 48.5 Å². The van der Waals surface area contributed by atoms with E-state index in [1.54, 1.807) is 25.3 Å². The van der Waals surface area contributed by atoms with Gasteiger partial charge in [0.1, 0.15) is 11.5 Å². The van der Waals surface area contributed by atoms with Crippen LogP contribution in [-0.4, -0.2) is 32.7 Å². The molecule has 1 atom stereocenters. The molecule has 0 fully saturated rings. The van der Waals surface area contributed by atoms with E-state index in [1.807, 2.05) is 37.3 Å². The Bertz CT molecular complexity index is 745. The molecule has 2 aromatic rings. The van der Waals surface area contributed by atoms with Crippen molar-refractivity contribution in [3.05, 3.63) is 54.1 Å². The predicted molar refractivity (Wildman–Crippen MR) is 98.6 cm³/mol. The molecule has 2 aromatic carbocycles. The van der Waals surface area contributed by atoms with Gasteiger partial charge in [-0.2, -0.15) is 0 Å². The average molecular weight is 357 g/mol. The lowest BCUT2D eigenvalue weighted by atomic mass is 9.97. The highest BCUT2D eigenvalue weighted by atomic mass is 16.5. The van der Waals surface area contributed by atoms with Crippen molar-refractivity contribution in [2.24, 2.45) is 0 Å². The van der Waals surface area contributed by atoms with Gasteiger partial charge in [0, 0.05) is 6.07 Å². The Balaban J connectivity index is 1.95. The number of rotatable bonds is 8. The van der Waals surface area contributed by atoms with E-state index in [2.05, 4.69) is 5.32 Å². The zero-order valence-corrected chi connectivity index (χ0v) is 15.2. The lowest BCUT2D eigenvalue weighted by Gasteiger charge is -2.15. The van der Waals surface area contributed by atoms with Crippen molar-refractivity contribution in [2.75, 3.05) is 26.1 Å². The van der Waals surface area contributed by atoms with E-state index in [9.17, 15) is 9.59 Å². The molecule has 0 aliphatic rings. The number of hydrogen-bond acceptors (Lipinski definition) is 5. The second-order valence-corrected chi connectivity index (χ2v) is 5.59. The second kappa shape index (κ2) is 9.46. The number of carbonyl (C=O) groups excluding carboxylic acids is 2. The maximum absolute atomic E-state index is 12.3. The van der Waals surface area contributed by atoms with E-state index < -0.39 is 11.9 Å². The zero-order chi connectivity index (χ0) is 18.9. The van der Waals surface area contributed by atoms with Crippen LogP contribution in [0.1, 0.15) is 24.8 Å². The van der Waals surface area contributed by atoms with Gasteiger partial charge in [-0.25, -0.2) is 0 Å². The van der Waals surface area contributed by atoms with Gasteiger partial charge in [0.05, 0.1) is 25.8 Å². The van der Waals surface area contributed by atoms with Crippen LogP contribution in [0.2, 0.25) is 0 Å². The number of esters is 1. The molecule has 0 unspecified atom stereocenters. The van der Waals surface area contributed by atoms with Crippen LogP contribution < -0.4 is 14.8 Å². The monoisotopic (exact) mass is 357 g/mol. The summed E-state index contributed by atoms with van der Waals surface area (Å²) in [6.45, 7) is 1.54. The first-order valence-electron chi connectivity index (χ1n) is 8.32. The highest BCUT2D eigenvalue weighted by Gasteiger charge is 2.21. The number of amides is 1. The van der Waals surface area contributed by atoms with E-state index in [4.69, 9.17) is 14.2 Å².